The van der Waals surface area contributed by atoms with Crippen molar-refractivity contribution in [1.29, 1.82) is 0 Å². The highest BCUT2D eigenvalue weighted by Gasteiger charge is 2.37. The molecule has 0 atom stereocenters. The van der Waals surface area contributed by atoms with Gasteiger partial charge in [-0.3, -0.25) is 25.0 Å². The molecule has 0 aromatic heterocycles. The van der Waals surface area contributed by atoms with Gasteiger partial charge < -0.3 is 9.47 Å². The minimum Gasteiger partial charge on any atom is -0.490 e. The number of barbiturate groups is 1. The lowest BCUT2D eigenvalue weighted by molar-refractivity contribution is -0.384. The zero-order valence-electron chi connectivity index (χ0n) is 19.8. The predicted molar refractivity (Wildman–Crippen MR) is 138 cm³/mol. The number of nitrogens with zero attached hydrogens (tertiary/aromatic N) is 2. The van der Waals surface area contributed by atoms with Crippen molar-refractivity contribution in [1.82, 2.24) is 5.32 Å². The molecule has 1 saturated heterocycles. The largest absolute Gasteiger partial charge is 0.490 e. The summed E-state index contributed by atoms with van der Waals surface area (Å²) in [6, 6.07) is 12.8. The first-order chi connectivity index (χ1) is 18.2. The predicted octanol–water partition coefficient (Wildman–Crippen LogP) is 5.14. The zero-order chi connectivity index (χ0) is 27.4. The first kappa shape index (κ1) is 26.5. The third kappa shape index (κ3) is 5.70. The van der Waals surface area contributed by atoms with E-state index in [0.29, 0.717) is 27.1 Å². The van der Waals surface area contributed by atoms with E-state index in [1.165, 1.54) is 30.3 Å². The molecule has 1 N–H and O–H groups in total. The molecule has 4 amide bonds. The van der Waals surface area contributed by atoms with Crippen LogP contribution in [0.15, 0.2) is 70.7 Å². The molecule has 4 rings (SSSR count). The van der Waals surface area contributed by atoms with Crippen LogP contribution >= 0.6 is 15.9 Å². The van der Waals surface area contributed by atoms with Gasteiger partial charge in [0.2, 0.25) is 0 Å². The summed E-state index contributed by atoms with van der Waals surface area (Å²) in [5, 5.41) is 13.0. The molecule has 10 nitrogen and oxygen atoms in total. The lowest BCUT2D eigenvalue weighted by atomic mass is 10.1. The Morgan fingerprint density at radius 2 is 1.74 bits per heavy atom. The lowest BCUT2D eigenvalue weighted by Crippen LogP contribution is -2.54. The lowest BCUT2D eigenvalue weighted by Gasteiger charge is -2.26. The van der Waals surface area contributed by atoms with Crippen molar-refractivity contribution in [2.45, 2.75) is 13.5 Å². The van der Waals surface area contributed by atoms with E-state index in [-0.39, 0.29) is 30.2 Å². The monoisotopic (exact) mass is 583 g/mol. The van der Waals surface area contributed by atoms with E-state index >= 15 is 0 Å². The summed E-state index contributed by atoms with van der Waals surface area (Å²) in [4.78, 5) is 49.1. The molecule has 0 bridgehead atoms. The molecule has 1 heterocycles. The molecule has 3 aromatic rings. The number of urea groups is 1. The van der Waals surface area contributed by atoms with Gasteiger partial charge in [0, 0.05) is 12.1 Å². The molecule has 0 saturated carbocycles. The quantitative estimate of drug-likeness (QED) is 0.168. The van der Waals surface area contributed by atoms with Crippen molar-refractivity contribution in [3.63, 3.8) is 0 Å². The summed E-state index contributed by atoms with van der Waals surface area (Å²) in [6.45, 7) is 2.14. The van der Waals surface area contributed by atoms with E-state index in [1.807, 2.05) is 0 Å². The van der Waals surface area contributed by atoms with E-state index in [0.717, 1.165) is 17.0 Å². The molecule has 194 valence electrons. The number of ether oxygens (including phenoxy) is 2. The van der Waals surface area contributed by atoms with E-state index in [4.69, 9.17) is 9.47 Å². The smallest absolute Gasteiger partial charge is 0.335 e. The third-order valence-electron chi connectivity index (χ3n) is 5.36. The summed E-state index contributed by atoms with van der Waals surface area (Å²) in [5.74, 6) is -1.65. The van der Waals surface area contributed by atoms with Crippen LogP contribution in [0.4, 0.5) is 20.6 Å². The summed E-state index contributed by atoms with van der Waals surface area (Å²) < 4.78 is 25.4. The molecule has 0 radical (unpaired) electrons. The van der Waals surface area contributed by atoms with Crippen LogP contribution in [0.1, 0.15) is 18.1 Å². The molecule has 1 aliphatic rings. The number of hydrogen-bond acceptors (Lipinski definition) is 7. The van der Waals surface area contributed by atoms with Crippen LogP contribution in [0.3, 0.4) is 0 Å². The number of rotatable bonds is 8. The van der Waals surface area contributed by atoms with Gasteiger partial charge in [0.25, 0.3) is 17.5 Å². The van der Waals surface area contributed by atoms with E-state index in [2.05, 4.69) is 21.2 Å². The van der Waals surface area contributed by atoms with E-state index < -0.39 is 28.6 Å². The molecule has 1 fully saturated rings. The Bertz CT molecular complexity index is 1460. The van der Waals surface area contributed by atoms with Crippen molar-refractivity contribution < 1.29 is 33.2 Å². The molecule has 38 heavy (non-hydrogen) atoms. The van der Waals surface area contributed by atoms with Crippen molar-refractivity contribution >= 4 is 51.2 Å². The summed E-state index contributed by atoms with van der Waals surface area (Å²) in [6.07, 6.45) is 1.30. The van der Waals surface area contributed by atoms with Gasteiger partial charge >= 0.3 is 6.03 Å². The molecule has 0 spiro atoms. The number of carbonyl (C=O) groups is 3. The van der Waals surface area contributed by atoms with Crippen molar-refractivity contribution in [3.05, 3.63) is 97.8 Å². The van der Waals surface area contributed by atoms with Gasteiger partial charge in [0.15, 0.2) is 11.5 Å². The first-order valence-corrected chi connectivity index (χ1v) is 12.0. The maximum atomic E-state index is 13.3. The summed E-state index contributed by atoms with van der Waals surface area (Å²) >= 11 is 3.42. The Kier molecular flexibility index (Phi) is 7.82. The standard InChI is InChI=1S/C26H19BrFN3O7/c1-2-37-22-13-16(12-21(27)23(22)38-14-15-3-7-19(8-4-15)31(35)36)11-20-24(32)29-26(34)30(25(20)33)18-9-5-17(28)6-10-18/h3-13H,2,14H2,1H3,(H,29,32,34)/b20-11+. The Morgan fingerprint density at radius 1 is 1.05 bits per heavy atom. The average Bonchev–Trinajstić information content (AvgIpc) is 2.87. The molecule has 12 heteroatoms. The van der Waals surface area contributed by atoms with Crippen LogP contribution in [-0.4, -0.2) is 29.4 Å². The minimum absolute atomic E-state index is 0.0386. The van der Waals surface area contributed by atoms with Gasteiger partial charge in [0.1, 0.15) is 18.0 Å². The van der Waals surface area contributed by atoms with Gasteiger partial charge in [-0.2, -0.15) is 0 Å². The fraction of sp³-hybridized carbons (Fsp3) is 0.115. The Labute approximate surface area is 223 Å². The van der Waals surface area contributed by atoms with Crippen molar-refractivity contribution in [2.24, 2.45) is 0 Å². The van der Waals surface area contributed by atoms with Crippen LogP contribution in [0.5, 0.6) is 11.5 Å². The van der Waals surface area contributed by atoms with Gasteiger partial charge in [-0.05, 0) is 88.6 Å². The highest BCUT2D eigenvalue weighted by atomic mass is 79.9. The number of hydrogen-bond donors (Lipinski definition) is 1. The fourth-order valence-electron chi connectivity index (χ4n) is 3.59. The Morgan fingerprint density at radius 3 is 2.37 bits per heavy atom. The fourth-order valence-corrected chi connectivity index (χ4v) is 4.17. The molecule has 1 aliphatic heterocycles. The molecule has 0 aliphatic carbocycles. The summed E-state index contributed by atoms with van der Waals surface area (Å²) in [5.41, 5.74) is 0.825. The summed E-state index contributed by atoms with van der Waals surface area (Å²) in [7, 11) is 0. The Balaban J connectivity index is 1.62. The number of amides is 4. The zero-order valence-corrected chi connectivity index (χ0v) is 21.4. The topological polar surface area (TPSA) is 128 Å². The van der Waals surface area contributed by atoms with Crippen LogP contribution < -0.4 is 19.7 Å². The second-order valence-electron chi connectivity index (χ2n) is 7.91. The average molecular weight is 584 g/mol. The number of imide groups is 2. The first-order valence-electron chi connectivity index (χ1n) is 11.2. The van der Waals surface area contributed by atoms with E-state index in [9.17, 15) is 28.9 Å². The van der Waals surface area contributed by atoms with Crippen molar-refractivity contribution in [2.75, 3.05) is 11.5 Å². The van der Waals surface area contributed by atoms with Crippen molar-refractivity contribution in [3.8, 4) is 11.5 Å². The molecular weight excluding hydrogens is 565 g/mol. The van der Waals surface area contributed by atoms with Crippen LogP contribution in [0, 0.1) is 15.9 Å². The highest BCUT2D eigenvalue weighted by Crippen LogP contribution is 2.38. The van der Waals surface area contributed by atoms with Gasteiger partial charge in [-0.15, -0.1) is 0 Å². The number of halogens is 2. The number of nitro benzene ring substituents is 1. The third-order valence-corrected chi connectivity index (χ3v) is 5.95. The van der Waals surface area contributed by atoms with Gasteiger partial charge in [0.05, 0.1) is 21.7 Å². The van der Waals surface area contributed by atoms with Crippen LogP contribution in [0.2, 0.25) is 0 Å². The molecule has 0 unspecified atom stereocenters. The van der Waals surface area contributed by atoms with Gasteiger partial charge in [-0.1, -0.05) is 0 Å². The second kappa shape index (κ2) is 11.2. The minimum atomic E-state index is -0.949. The van der Waals surface area contributed by atoms with Gasteiger partial charge in [-0.25, -0.2) is 14.1 Å². The maximum absolute atomic E-state index is 13.3. The SMILES string of the molecule is CCOc1cc(/C=C2\C(=O)NC(=O)N(c3ccc(F)cc3)C2=O)cc(Br)c1OCc1ccc([N+](=O)[O-])cc1. The number of anilines is 1. The second-order valence-corrected chi connectivity index (χ2v) is 8.76. The molecular formula is C26H19BrFN3O7. The number of nitrogens with one attached hydrogen (secondary N) is 1. The number of non-ortho nitro benzene ring substituents is 1. The normalized spacial score (nSPS) is 14.4. The van der Waals surface area contributed by atoms with Crippen LogP contribution in [-0.2, 0) is 16.2 Å². The molecule has 3 aromatic carbocycles. The van der Waals surface area contributed by atoms with E-state index in [1.54, 1.807) is 31.2 Å². The Hall–Kier alpha value is -4.58. The maximum Gasteiger partial charge on any atom is 0.335 e. The number of carbonyl (C=O) groups excluding carboxylic acids is 3. The highest BCUT2D eigenvalue weighted by molar-refractivity contribution is 9.10. The number of nitro groups is 1. The number of benzene rings is 3. The van der Waals surface area contributed by atoms with Crippen LogP contribution in [0.25, 0.3) is 6.08 Å².